The Morgan fingerprint density at radius 1 is 1.42 bits per heavy atom. The minimum Gasteiger partial charge on any atom is -0.367 e. The molecule has 1 atom stereocenters. The van der Waals surface area contributed by atoms with Gasteiger partial charge in [0.2, 0.25) is 0 Å². The first kappa shape index (κ1) is 12.0. The maximum atomic E-state index is 11.6. The van der Waals surface area contributed by atoms with Gasteiger partial charge in [-0.15, -0.1) is 12.4 Å². The fourth-order valence-corrected chi connectivity index (χ4v) is 0.983. The molecule has 0 saturated carbocycles. The van der Waals surface area contributed by atoms with E-state index in [-0.39, 0.29) is 18.5 Å². The monoisotopic (exact) mass is 205 g/mol. The van der Waals surface area contributed by atoms with E-state index in [0.29, 0.717) is 13.0 Å². The lowest BCUT2D eigenvalue weighted by Gasteiger charge is -2.11. The summed E-state index contributed by atoms with van der Waals surface area (Å²) in [6.07, 6.45) is -3.77. The first-order valence-corrected chi connectivity index (χ1v) is 3.47. The fraction of sp³-hybridized carbons (Fsp3) is 1.00. The first-order chi connectivity index (χ1) is 5.08. The summed E-state index contributed by atoms with van der Waals surface area (Å²) in [6.45, 7) is 0.165. The van der Waals surface area contributed by atoms with Gasteiger partial charge < -0.3 is 10.1 Å². The molecule has 1 unspecified atom stereocenters. The summed E-state index contributed by atoms with van der Waals surface area (Å²) < 4.78 is 39.3. The Hall–Kier alpha value is -0.0000000000000000416. The highest BCUT2D eigenvalue weighted by Crippen LogP contribution is 2.16. The largest absolute Gasteiger partial charge is 0.411 e. The zero-order valence-electron chi connectivity index (χ0n) is 6.36. The maximum absolute atomic E-state index is 11.6. The van der Waals surface area contributed by atoms with Crippen molar-refractivity contribution in [1.82, 2.24) is 5.32 Å². The fourth-order valence-electron chi connectivity index (χ4n) is 0.983. The summed E-state index contributed by atoms with van der Waals surface area (Å²) in [5.41, 5.74) is 0. The summed E-state index contributed by atoms with van der Waals surface area (Å²) in [5.74, 6) is 0. The number of halogens is 4. The van der Waals surface area contributed by atoms with Crippen LogP contribution < -0.4 is 5.32 Å². The van der Waals surface area contributed by atoms with Gasteiger partial charge >= 0.3 is 6.18 Å². The normalized spacial score (nSPS) is 23.8. The van der Waals surface area contributed by atoms with E-state index in [4.69, 9.17) is 0 Å². The lowest BCUT2D eigenvalue weighted by atomic mass is 10.3. The third kappa shape index (κ3) is 4.79. The number of rotatable bonds is 2. The average molecular weight is 206 g/mol. The second kappa shape index (κ2) is 4.89. The molecule has 1 N–H and O–H groups in total. The molecule has 1 aliphatic rings. The molecule has 0 amide bonds. The van der Waals surface area contributed by atoms with Crippen molar-refractivity contribution in [3.05, 3.63) is 0 Å². The maximum Gasteiger partial charge on any atom is 0.411 e. The molecule has 0 bridgehead atoms. The Labute approximate surface area is 74.9 Å². The van der Waals surface area contributed by atoms with Gasteiger partial charge in [-0.1, -0.05) is 0 Å². The smallest absolute Gasteiger partial charge is 0.367 e. The van der Waals surface area contributed by atoms with E-state index in [1.54, 1.807) is 0 Å². The van der Waals surface area contributed by atoms with Gasteiger partial charge in [0.1, 0.15) is 6.61 Å². The molecule has 0 spiro atoms. The summed E-state index contributed by atoms with van der Waals surface area (Å²) >= 11 is 0. The van der Waals surface area contributed by atoms with E-state index in [9.17, 15) is 13.2 Å². The van der Waals surface area contributed by atoms with Gasteiger partial charge in [0.05, 0.1) is 6.10 Å². The molecule has 0 aromatic carbocycles. The molecule has 1 fully saturated rings. The van der Waals surface area contributed by atoms with Crippen molar-refractivity contribution >= 4 is 12.4 Å². The van der Waals surface area contributed by atoms with Crippen molar-refractivity contribution in [3.8, 4) is 0 Å². The van der Waals surface area contributed by atoms with E-state index in [0.717, 1.165) is 6.54 Å². The van der Waals surface area contributed by atoms with Crippen LogP contribution in [0.4, 0.5) is 13.2 Å². The second-order valence-corrected chi connectivity index (χ2v) is 2.54. The van der Waals surface area contributed by atoms with Crippen LogP contribution in [0.3, 0.4) is 0 Å². The number of alkyl halides is 3. The Bertz CT molecular complexity index is 124. The average Bonchev–Trinajstić information content (AvgIpc) is 2.32. The molecule has 1 aliphatic heterocycles. The highest BCUT2D eigenvalue weighted by atomic mass is 35.5. The third-order valence-electron chi connectivity index (χ3n) is 1.50. The quantitative estimate of drug-likeness (QED) is 0.735. The third-order valence-corrected chi connectivity index (χ3v) is 1.50. The standard InChI is InChI=1S/C6H10F3NO.ClH/c7-6(8,9)4-11-5-1-2-10-3-5;/h5,10H,1-4H2;1H. The van der Waals surface area contributed by atoms with Crippen molar-refractivity contribution in [1.29, 1.82) is 0 Å². The Morgan fingerprint density at radius 2 is 2.08 bits per heavy atom. The van der Waals surface area contributed by atoms with Crippen molar-refractivity contribution in [2.24, 2.45) is 0 Å². The van der Waals surface area contributed by atoms with Crippen molar-refractivity contribution in [2.75, 3.05) is 19.7 Å². The molecule has 1 saturated heterocycles. The summed E-state index contributed by atoms with van der Waals surface area (Å²) in [7, 11) is 0. The number of nitrogens with one attached hydrogen (secondary N) is 1. The minimum absolute atomic E-state index is 0. The first-order valence-electron chi connectivity index (χ1n) is 3.47. The lowest BCUT2D eigenvalue weighted by Crippen LogP contribution is -2.24. The van der Waals surface area contributed by atoms with Crippen LogP contribution in [0.25, 0.3) is 0 Å². The van der Waals surface area contributed by atoms with Crippen molar-refractivity contribution in [3.63, 3.8) is 0 Å². The van der Waals surface area contributed by atoms with Gasteiger partial charge in [-0.05, 0) is 13.0 Å². The second-order valence-electron chi connectivity index (χ2n) is 2.54. The van der Waals surface area contributed by atoms with Crippen molar-refractivity contribution in [2.45, 2.75) is 18.7 Å². The van der Waals surface area contributed by atoms with Gasteiger partial charge in [-0.3, -0.25) is 0 Å². The summed E-state index contributed by atoms with van der Waals surface area (Å²) in [4.78, 5) is 0. The predicted octanol–water partition coefficient (Wildman–Crippen LogP) is 1.35. The molecule has 2 nitrogen and oxygen atoms in total. The zero-order chi connectivity index (χ0) is 8.32. The van der Waals surface area contributed by atoms with E-state index in [1.807, 2.05) is 0 Å². The SMILES string of the molecule is Cl.FC(F)(F)COC1CCNC1. The molecule has 12 heavy (non-hydrogen) atoms. The van der Waals surface area contributed by atoms with Gasteiger partial charge in [0.15, 0.2) is 0 Å². The highest BCUT2D eigenvalue weighted by molar-refractivity contribution is 5.85. The van der Waals surface area contributed by atoms with E-state index >= 15 is 0 Å². The molecule has 0 aromatic heterocycles. The topological polar surface area (TPSA) is 21.3 Å². The summed E-state index contributed by atoms with van der Waals surface area (Å²) in [5, 5.41) is 2.92. The van der Waals surface area contributed by atoms with Gasteiger partial charge in [-0.25, -0.2) is 0 Å². The molecule has 1 heterocycles. The minimum atomic E-state index is -4.19. The molecule has 0 aliphatic carbocycles. The molecule has 0 radical (unpaired) electrons. The highest BCUT2D eigenvalue weighted by Gasteiger charge is 2.29. The molecular weight excluding hydrogens is 195 g/mol. The van der Waals surface area contributed by atoms with Gasteiger partial charge in [0, 0.05) is 6.54 Å². The lowest BCUT2D eigenvalue weighted by molar-refractivity contribution is -0.183. The van der Waals surface area contributed by atoms with E-state index in [2.05, 4.69) is 10.1 Å². The van der Waals surface area contributed by atoms with Crippen molar-refractivity contribution < 1.29 is 17.9 Å². The summed E-state index contributed by atoms with van der Waals surface area (Å²) in [6, 6.07) is 0. The van der Waals surface area contributed by atoms with E-state index < -0.39 is 12.8 Å². The van der Waals surface area contributed by atoms with Crippen LogP contribution in [0.2, 0.25) is 0 Å². The molecule has 6 heteroatoms. The van der Waals surface area contributed by atoms with Crippen LogP contribution >= 0.6 is 12.4 Å². The number of hydrogen-bond donors (Lipinski definition) is 1. The van der Waals surface area contributed by atoms with Gasteiger partial charge in [0.25, 0.3) is 0 Å². The van der Waals surface area contributed by atoms with Crippen LogP contribution in [0.5, 0.6) is 0 Å². The van der Waals surface area contributed by atoms with Crippen LogP contribution in [0, 0.1) is 0 Å². The Balaban J connectivity index is 0.00000121. The molecular formula is C6H11ClF3NO. The van der Waals surface area contributed by atoms with Crippen LogP contribution in [-0.2, 0) is 4.74 Å². The van der Waals surface area contributed by atoms with Crippen LogP contribution in [0.1, 0.15) is 6.42 Å². The van der Waals surface area contributed by atoms with E-state index in [1.165, 1.54) is 0 Å². The molecule has 74 valence electrons. The predicted molar refractivity (Wildman–Crippen MR) is 40.5 cm³/mol. The number of hydrogen-bond acceptors (Lipinski definition) is 2. The number of ether oxygens (including phenoxy) is 1. The Morgan fingerprint density at radius 3 is 2.50 bits per heavy atom. The van der Waals surface area contributed by atoms with Gasteiger partial charge in [-0.2, -0.15) is 13.2 Å². The Kier molecular flexibility index (Phi) is 4.89. The molecule has 0 aromatic rings. The van der Waals surface area contributed by atoms with Crippen LogP contribution in [0.15, 0.2) is 0 Å². The zero-order valence-corrected chi connectivity index (χ0v) is 7.17. The van der Waals surface area contributed by atoms with Crippen LogP contribution in [-0.4, -0.2) is 32.0 Å². The molecule has 1 rings (SSSR count).